The first-order valence-electron chi connectivity index (χ1n) is 5.92. The van der Waals surface area contributed by atoms with Crippen molar-refractivity contribution >= 4 is 0 Å². The lowest BCUT2D eigenvalue weighted by Crippen LogP contribution is -2.11. The smallest absolute Gasteiger partial charge is 0.154 e. The Morgan fingerprint density at radius 2 is 1.81 bits per heavy atom. The number of hydrogen-bond acceptors (Lipinski definition) is 2. The van der Waals surface area contributed by atoms with Crippen molar-refractivity contribution in [3.8, 4) is 0 Å². The SMILES string of the molecule is COC(C)OCCCCc1ccc(C)cc1. The largest absolute Gasteiger partial charge is 0.356 e. The molecule has 0 saturated carbocycles. The van der Waals surface area contributed by atoms with Gasteiger partial charge in [0.15, 0.2) is 6.29 Å². The highest BCUT2D eigenvalue weighted by atomic mass is 16.7. The van der Waals surface area contributed by atoms with Crippen molar-refractivity contribution in [1.29, 1.82) is 0 Å². The molecule has 0 fully saturated rings. The Bertz CT molecular complexity index is 279. The van der Waals surface area contributed by atoms with Crippen LogP contribution >= 0.6 is 0 Å². The highest BCUT2D eigenvalue weighted by Gasteiger charge is 1.98. The Balaban J connectivity index is 2.09. The molecule has 0 spiro atoms. The molecule has 2 heteroatoms. The van der Waals surface area contributed by atoms with Gasteiger partial charge in [-0.2, -0.15) is 0 Å². The maximum atomic E-state index is 5.43. The van der Waals surface area contributed by atoms with E-state index in [-0.39, 0.29) is 6.29 Å². The van der Waals surface area contributed by atoms with Gasteiger partial charge in [-0.05, 0) is 38.7 Å². The summed E-state index contributed by atoms with van der Waals surface area (Å²) in [6, 6.07) is 8.74. The summed E-state index contributed by atoms with van der Waals surface area (Å²) in [6.45, 7) is 4.81. The Morgan fingerprint density at radius 3 is 2.44 bits per heavy atom. The Hall–Kier alpha value is -0.860. The van der Waals surface area contributed by atoms with E-state index in [1.165, 1.54) is 17.5 Å². The van der Waals surface area contributed by atoms with Gasteiger partial charge in [-0.1, -0.05) is 29.8 Å². The zero-order valence-electron chi connectivity index (χ0n) is 10.5. The van der Waals surface area contributed by atoms with Crippen molar-refractivity contribution in [3.63, 3.8) is 0 Å². The first kappa shape index (κ1) is 13.2. The summed E-state index contributed by atoms with van der Waals surface area (Å²) in [7, 11) is 1.66. The number of unbranched alkanes of at least 4 members (excludes halogenated alkanes) is 1. The molecule has 0 bridgehead atoms. The van der Waals surface area contributed by atoms with Gasteiger partial charge in [0.2, 0.25) is 0 Å². The molecule has 0 saturated heterocycles. The Kier molecular flexibility index (Phi) is 6.12. The number of methoxy groups -OCH3 is 1. The molecule has 0 heterocycles. The molecule has 0 aliphatic rings. The molecule has 1 rings (SSSR count). The second kappa shape index (κ2) is 7.42. The number of rotatable bonds is 7. The van der Waals surface area contributed by atoms with Crippen molar-refractivity contribution in [3.05, 3.63) is 35.4 Å². The van der Waals surface area contributed by atoms with Crippen LogP contribution in [0.15, 0.2) is 24.3 Å². The van der Waals surface area contributed by atoms with Crippen molar-refractivity contribution in [2.45, 2.75) is 39.4 Å². The molecular formula is C14H22O2. The normalized spacial score (nSPS) is 12.7. The minimum Gasteiger partial charge on any atom is -0.356 e. The van der Waals surface area contributed by atoms with Crippen molar-refractivity contribution in [1.82, 2.24) is 0 Å². The lowest BCUT2D eigenvalue weighted by atomic mass is 10.1. The minimum absolute atomic E-state index is 0.0839. The fraction of sp³-hybridized carbons (Fsp3) is 0.571. The lowest BCUT2D eigenvalue weighted by molar-refractivity contribution is -0.111. The van der Waals surface area contributed by atoms with Gasteiger partial charge in [0.25, 0.3) is 0 Å². The molecule has 90 valence electrons. The third-order valence-corrected chi connectivity index (χ3v) is 2.66. The molecule has 16 heavy (non-hydrogen) atoms. The molecule has 2 nitrogen and oxygen atoms in total. The van der Waals surface area contributed by atoms with E-state index in [1.54, 1.807) is 7.11 Å². The highest BCUT2D eigenvalue weighted by Crippen LogP contribution is 2.07. The Morgan fingerprint density at radius 1 is 1.12 bits per heavy atom. The van der Waals surface area contributed by atoms with Gasteiger partial charge >= 0.3 is 0 Å². The molecule has 0 N–H and O–H groups in total. The van der Waals surface area contributed by atoms with E-state index in [0.29, 0.717) is 0 Å². The first-order valence-corrected chi connectivity index (χ1v) is 5.92. The van der Waals surface area contributed by atoms with Gasteiger partial charge in [0.05, 0.1) is 0 Å². The summed E-state index contributed by atoms with van der Waals surface area (Å²) >= 11 is 0. The maximum absolute atomic E-state index is 5.43. The van der Waals surface area contributed by atoms with E-state index in [2.05, 4.69) is 31.2 Å². The van der Waals surface area contributed by atoms with Crippen LogP contribution in [0.2, 0.25) is 0 Å². The standard InChI is InChI=1S/C14H22O2/c1-12-7-9-14(10-8-12)6-4-5-11-16-13(2)15-3/h7-10,13H,4-6,11H2,1-3H3. The summed E-state index contributed by atoms with van der Waals surface area (Å²) in [6.07, 6.45) is 3.30. The van der Waals surface area contributed by atoms with E-state index in [4.69, 9.17) is 9.47 Å². The summed E-state index contributed by atoms with van der Waals surface area (Å²) in [5.41, 5.74) is 2.73. The highest BCUT2D eigenvalue weighted by molar-refractivity contribution is 5.21. The average Bonchev–Trinajstić information content (AvgIpc) is 2.31. The van der Waals surface area contributed by atoms with E-state index in [1.807, 2.05) is 6.92 Å². The first-order chi connectivity index (χ1) is 7.72. The topological polar surface area (TPSA) is 18.5 Å². The summed E-state index contributed by atoms with van der Waals surface area (Å²) < 4.78 is 10.4. The van der Waals surface area contributed by atoms with Crippen molar-refractivity contribution in [2.75, 3.05) is 13.7 Å². The second-order valence-electron chi connectivity index (χ2n) is 4.12. The van der Waals surface area contributed by atoms with Crippen LogP contribution in [0.5, 0.6) is 0 Å². The summed E-state index contributed by atoms with van der Waals surface area (Å²) in [4.78, 5) is 0. The van der Waals surface area contributed by atoms with Gasteiger partial charge in [-0.25, -0.2) is 0 Å². The van der Waals surface area contributed by atoms with E-state index >= 15 is 0 Å². The molecule has 0 aromatic heterocycles. The number of benzene rings is 1. The van der Waals surface area contributed by atoms with E-state index in [9.17, 15) is 0 Å². The number of ether oxygens (including phenoxy) is 2. The van der Waals surface area contributed by atoms with Gasteiger partial charge in [-0.3, -0.25) is 0 Å². The second-order valence-corrected chi connectivity index (χ2v) is 4.12. The molecule has 1 unspecified atom stereocenters. The predicted octanol–water partition coefficient (Wildman–Crippen LogP) is 3.33. The Labute approximate surface area is 98.6 Å². The molecule has 1 aromatic carbocycles. The quantitative estimate of drug-likeness (QED) is 0.520. The third-order valence-electron chi connectivity index (χ3n) is 2.66. The van der Waals surface area contributed by atoms with Crippen LogP contribution < -0.4 is 0 Å². The number of aryl methyl sites for hydroxylation is 2. The molecule has 0 radical (unpaired) electrons. The van der Waals surface area contributed by atoms with E-state index < -0.39 is 0 Å². The van der Waals surface area contributed by atoms with Gasteiger partial charge in [-0.15, -0.1) is 0 Å². The van der Waals surface area contributed by atoms with Crippen molar-refractivity contribution in [2.24, 2.45) is 0 Å². The van der Waals surface area contributed by atoms with Crippen LogP contribution in [0.1, 0.15) is 30.9 Å². The van der Waals surface area contributed by atoms with Gasteiger partial charge in [0, 0.05) is 13.7 Å². The van der Waals surface area contributed by atoms with Crippen LogP contribution in [0.4, 0.5) is 0 Å². The zero-order valence-corrected chi connectivity index (χ0v) is 10.5. The molecule has 0 aliphatic carbocycles. The molecule has 1 atom stereocenters. The molecule has 0 aliphatic heterocycles. The average molecular weight is 222 g/mol. The third kappa shape index (κ3) is 5.29. The lowest BCUT2D eigenvalue weighted by Gasteiger charge is -2.10. The van der Waals surface area contributed by atoms with Crippen LogP contribution in [-0.4, -0.2) is 20.0 Å². The van der Waals surface area contributed by atoms with Crippen LogP contribution in [-0.2, 0) is 15.9 Å². The maximum Gasteiger partial charge on any atom is 0.154 e. The fourth-order valence-corrected chi connectivity index (χ4v) is 1.50. The van der Waals surface area contributed by atoms with Crippen LogP contribution in [0.3, 0.4) is 0 Å². The van der Waals surface area contributed by atoms with Crippen LogP contribution in [0, 0.1) is 6.92 Å². The molecular weight excluding hydrogens is 200 g/mol. The zero-order chi connectivity index (χ0) is 11.8. The van der Waals surface area contributed by atoms with Gasteiger partial charge < -0.3 is 9.47 Å². The monoisotopic (exact) mass is 222 g/mol. The van der Waals surface area contributed by atoms with Gasteiger partial charge in [0.1, 0.15) is 0 Å². The summed E-state index contributed by atoms with van der Waals surface area (Å²) in [5, 5.41) is 0. The molecule has 1 aromatic rings. The molecule has 0 amide bonds. The predicted molar refractivity (Wildman–Crippen MR) is 66.5 cm³/mol. The van der Waals surface area contributed by atoms with Crippen molar-refractivity contribution < 1.29 is 9.47 Å². The van der Waals surface area contributed by atoms with Crippen LogP contribution in [0.25, 0.3) is 0 Å². The number of hydrogen-bond donors (Lipinski definition) is 0. The minimum atomic E-state index is -0.0839. The van der Waals surface area contributed by atoms with E-state index in [0.717, 1.165) is 19.4 Å². The summed E-state index contributed by atoms with van der Waals surface area (Å²) in [5.74, 6) is 0. The fourth-order valence-electron chi connectivity index (χ4n) is 1.50.